The van der Waals surface area contributed by atoms with Gasteiger partial charge in [0.05, 0.1) is 29.7 Å². The number of halogens is 1. The second kappa shape index (κ2) is 4.69. The number of fused-ring (bicyclic) bond motifs is 1. The van der Waals surface area contributed by atoms with Gasteiger partial charge in [-0.1, -0.05) is 15.9 Å². The zero-order valence-electron chi connectivity index (χ0n) is 8.77. The summed E-state index contributed by atoms with van der Waals surface area (Å²) in [6.45, 7) is 2.83. The van der Waals surface area contributed by atoms with Crippen LogP contribution in [0.2, 0.25) is 0 Å². The summed E-state index contributed by atoms with van der Waals surface area (Å²) < 4.78 is 12.9. The van der Waals surface area contributed by atoms with Gasteiger partial charge in [-0.25, -0.2) is 0 Å². The average Bonchev–Trinajstić information content (AvgIpc) is 2.59. The van der Waals surface area contributed by atoms with Gasteiger partial charge < -0.3 is 9.47 Å². The molecule has 0 saturated carbocycles. The lowest BCUT2D eigenvalue weighted by atomic mass is 10.3. The molecule has 0 amide bonds. The van der Waals surface area contributed by atoms with E-state index < -0.39 is 0 Å². The third-order valence-corrected chi connectivity index (χ3v) is 2.47. The highest BCUT2D eigenvalue weighted by Crippen LogP contribution is 2.22. The summed E-state index contributed by atoms with van der Waals surface area (Å²) >= 11 is 3.34. The van der Waals surface area contributed by atoms with Crippen molar-refractivity contribution in [3.05, 3.63) is 22.6 Å². The maximum atomic E-state index is 11.3. The maximum absolute atomic E-state index is 11.3. The van der Waals surface area contributed by atoms with Gasteiger partial charge in [0.15, 0.2) is 0 Å². The van der Waals surface area contributed by atoms with Crippen molar-refractivity contribution in [2.75, 3.05) is 6.61 Å². The van der Waals surface area contributed by atoms with Crippen LogP contribution in [0.3, 0.4) is 0 Å². The fourth-order valence-corrected chi connectivity index (χ4v) is 1.78. The Morgan fingerprint density at radius 1 is 1.75 bits per heavy atom. The number of carbonyl (C=O) groups is 1. The Morgan fingerprint density at radius 3 is 3.31 bits per heavy atom. The van der Waals surface area contributed by atoms with Crippen LogP contribution in [0.15, 0.2) is 16.9 Å². The molecular formula is C10H11BrN2O3. The smallest absolute Gasteiger partial charge is 0.311 e. The van der Waals surface area contributed by atoms with E-state index in [1.54, 1.807) is 19.4 Å². The molecule has 0 aliphatic carbocycles. The molecule has 6 heteroatoms. The molecule has 1 aromatic heterocycles. The maximum Gasteiger partial charge on any atom is 0.311 e. The predicted molar refractivity (Wildman–Crippen MR) is 60.2 cm³/mol. The summed E-state index contributed by atoms with van der Waals surface area (Å²) in [4.78, 5) is 15.4. The number of hydrogen-bond acceptors (Lipinski definition) is 4. The molecule has 16 heavy (non-hydrogen) atoms. The van der Waals surface area contributed by atoms with E-state index in [0.29, 0.717) is 24.9 Å². The highest BCUT2D eigenvalue weighted by Gasteiger charge is 2.16. The van der Waals surface area contributed by atoms with Gasteiger partial charge in [0.2, 0.25) is 0 Å². The summed E-state index contributed by atoms with van der Waals surface area (Å²) in [5.41, 5.74) is 0.657. The number of rotatable bonds is 3. The Hall–Kier alpha value is -1.30. The molecule has 86 valence electrons. The Bertz CT molecular complexity index is 439. The van der Waals surface area contributed by atoms with Crippen molar-refractivity contribution in [3.63, 3.8) is 0 Å². The molecule has 0 atom stereocenters. The molecule has 1 aliphatic heterocycles. The van der Waals surface area contributed by atoms with Crippen molar-refractivity contribution in [1.29, 1.82) is 0 Å². The zero-order valence-corrected chi connectivity index (χ0v) is 10.4. The van der Waals surface area contributed by atoms with E-state index in [9.17, 15) is 4.79 Å². The van der Waals surface area contributed by atoms with Crippen LogP contribution in [0, 0.1) is 0 Å². The Labute approximate surface area is 101 Å². The van der Waals surface area contributed by atoms with E-state index in [-0.39, 0.29) is 12.4 Å². The summed E-state index contributed by atoms with van der Waals surface area (Å²) in [5.74, 6) is -0.273. The lowest BCUT2D eigenvalue weighted by Gasteiger charge is -2.10. The first-order chi connectivity index (χ1) is 7.69. The number of carbonyl (C=O) groups excluding carboxylic acids is 1. The molecule has 0 fully saturated rings. The molecule has 0 aromatic carbocycles. The van der Waals surface area contributed by atoms with Crippen LogP contribution >= 0.6 is 15.9 Å². The summed E-state index contributed by atoms with van der Waals surface area (Å²) in [7, 11) is 0. The molecular weight excluding hydrogens is 276 g/mol. The number of ether oxygens (including phenoxy) is 2. The van der Waals surface area contributed by atoms with E-state index in [4.69, 9.17) is 9.47 Å². The van der Waals surface area contributed by atoms with Gasteiger partial charge in [-0.2, -0.15) is 4.98 Å². The minimum atomic E-state index is -0.273. The molecule has 0 saturated heterocycles. The van der Waals surface area contributed by atoms with Crippen molar-refractivity contribution < 1.29 is 14.3 Å². The van der Waals surface area contributed by atoms with Crippen molar-refractivity contribution in [1.82, 2.24) is 9.55 Å². The van der Waals surface area contributed by atoms with Gasteiger partial charge in [-0.05, 0) is 6.92 Å². The minimum Gasteiger partial charge on any atom is -0.466 e. The van der Waals surface area contributed by atoms with Gasteiger partial charge >= 0.3 is 12.0 Å². The number of esters is 1. The second-order valence-corrected chi connectivity index (χ2v) is 4.33. The first-order valence-electron chi connectivity index (χ1n) is 4.92. The van der Waals surface area contributed by atoms with Crippen molar-refractivity contribution in [2.24, 2.45) is 0 Å². The predicted octanol–water partition coefficient (Wildman–Crippen LogP) is 1.62. The largest absolute Gasteiger partial charge is 0.466 e. The normalized spacial score (nSPS) is 13.8. The highest BCUT2D eigenvalue weighted by molar-refractivity contribution is 9.11. The number of aromatic nitrogens is 2. The van der Waals surface area contributed by atoms with Crippen LogP contribution in [-0.4, -0.2) is 22.1 Å². The Balaban J connectivity index is 2.06. The molecule has 2 rings (SSSR count). The summed E-state index contributed by atoms with van der Waals surface area (Å²) in [5, 5.41) is 0. The van der Waals surface area contributed by atoms with E-state index in [2.05, 4.69) is 20.9 Å². The number of allylic oxidation sites excluding steroid dienone is 1. The third kappa shape index (κ3) is 2.44. The number of imidazole rings is 1. The SMILES string of the molecule is CCOC(=O)Cc1cn2c(n1)OC=C(Br)C2. The summed E-state index contributed by atoms with van der Waals surface area (Å²) in [6.07, 6.45) is 3.56. The second-order valence-electron chi connectivity index (χ2n) is 3.31. The monoisotopic (exact) mass is 286 g/mol. The molecule has 1 aromatic rings. The van der Waals surface area contributed by atoms with Crippen LogP contribution < -0.4 is 4.74 Å². The molecule has 2 heterocycles. The molecule has 0 bridgehead atoms. The fraction of sp³-hybridized carbons (Fsp3) is 0.400. The molecule has 5 nitrogen and oxygen atoms in total. The molecule has 0 unspecified atom stereocenters. The highest BCUT2D eigenvalue weighted by atomic mass is 79.9. The number of hydrogen-bond donors (Lipinski definition) is 0. The van der Waals surface area contributed by atoms with Crippen LogP contribution in [0.25, 0.3) is 0 Å². The van der Waals surface area contributed by atoms with Gasteiger partial charge in [0, 0.05) is 6.20 Å². The Morgan fingerprint density at radius 2 is 2.56 bits per heavy atom. The topological polar surface area (TPSA) is 53.4 Å². The molecule has 0 radical (unpaired) electrons. The zero-order chi connectivity index (χ0) is 11.5. The number of nitrogens with zero attached hydrogens (tertiary/aromatic N) is 2. The van der Waals surface area contributed by atoms with Gasteiger partial charge in [-0.15, -0.1) is 0 Å². The van der Waals surface area contributed by atoms with Crippen molar-refractivity contribution >= 4 is 21.9 Å². The van der Waals surface area contributed by atoms with Gasteiger partial charge in [-0.3, -0.25) is 9.36 Å². The van der Waals surface area contributed by atoms with E-state index in [1.807, 2.05) is 4.57 Å². The standard InChI is InChI=1S/C10H11BrN2O3/c1-2-15-9(14)3-8-5-13-4-7(11)6-16-10(13)12-8/h5-6H,2-4H2,1H3. The van der Waals surface area contributed by atoms with E-state index >= 15 is 0 Å². The molecule has 0 spiro atoms. The lowest BCUT2D eigenvalue weighted by Crippen LogP contribution is -2.07. The lowest BCUT2D eigenvalue weighted by molar-refractivity contribution is -0.142. The quantitative estimate of drug-likeness (QED) is 0.793. The van der Waals surface area contributed by atoms with Gasteiger partial charge in [0.25, 0.3) is 0 Å². The third-order valence-electron chi connectivity index (χ3n) is 2.03. The van der Waals surface area contributed by atoms with Crippen LogP contribution in [0.1, 0.15) is 12.6 Å². The van der Waals surface area contributed by atoms with Crippen LogP contribution in [-0.2, 0) is 22.5 Å². The minimum absolute atomic E-state index is 0.175. The first-order valence-corrected chi connectivity index (χ1v) is 5.71. The fourth-order valence-electron chi connectivity index (χ4n) is 1.42. The van der Waals surface area contributed by atoms with Gasteiger partial charge in [0.1, 0.15) is 6.26 Å². The van der Waals surface area contributed by atoms with Crippen molar-refractivity contribution in [2.45, 2.75) is 19.9 Å². The molecule has 1 aliphatic rings. The molecule has 0 N–H and O–H groups in total. The Kier molecular flexibility index (Phi) is 3.28. The summed E-state index contributed by atoms with van der Waals surface area (Å²) in [6, 6.07) is 0.502. The van der Waals surface area contributed by atoms with Crippen molar-refractivity contribution in [3.8, 4) is 6.01 Å². The van der Waals surface area contributed by atoms with Crippen LogP contribution in [0.4, 0.5) is 0 Å². The van der Waals surface area contributed by atoms with Crippen LogP contribution in [0.5, 0.6) is 6.01 Å². The van der Waals surface area contributed by atoms with E-state index in [1.165, 1.54) is 0 Å². The average molecular weight is 287 g/mol. The first kappa shape index (κ1) is 11.2. The van der Waals surface area contributed by atoms with E-state index in [0.717, 1.165) is 4.48 Å².